The number of aromatic amines is 1. The Morgan fingerprint density at radius 2 is 1.68 bits per heavy atom. The quantitative estimate of drug-likeness (QED) is 0.368. The minimum atomic E-state index is 0.656. The van der Waals surface area contributed by atoms with Crippen LogP contribution in [-0.2, 0) is 13.6 Å². The topological polar surface area (TPSA) is 62.6 Å². The number of hydrogen-bond donors (Lipinski definition) is 1. The van der Waals surface area contributed by atoms with E-state index in [0.29, 0.717) is 12.1 Å². The normalized spacial score (nSPS) is 19.3. The summed E-state index contributed by atoms with van der Waals surface area (Å²) < 4.78 is 1.80. The average molecular weight is 451 g/mol. The van der Waals surface area contributed by atoms with Gasteiger partial charge in [0.1, 0.15) is 5.65 Å². The number of fused-ring (bicyclic) bond motifs is 3. The van der Waals surface area contributed by atoms with Gasteiger partial charge in [-0.3, -0.25) is 14.6 Å². The molecular weight excluding hydrogens is 420 g/mol. The van der Waals surface area contributed by atoms with E-state index in [1.54, 1.807) is 4.68 Å². The summed E-state index contributed by atoms with van der Waals surface area (Å²) in [5.41, 5.74) is 7.49. The summed E-state index contributed by atoms with van der Waals surface area (Å²) in [4.78, 5) is 15.4. The van der Waals surface area contributed by atoms with Crippen molar-refractivity contribution in [1.82, 2.24) is 29.6 Å². The molecule has 1 aliphatic heterocycles. The van der Waals surface area contributed by atoms with E-state index >= 15 is 0 Å². The van der Waals surface area contributed by atoms with Gasteiger partial charge in [-0.2, -0.15) is 5.10 Å². The maximum Gasteiger partial charge on any atom is 0.138 e. The monoisotopic (exact) mass is 450 g/mol. The Kier molecular flexibility index (Phi) is 5.18. The largest absolute Gasteiger partial charge is 0.338 e. The number of pyridine rings is 2. The molecule has 0 saturated carbocycles. The molecular formula is C28H30N6. The summed E-state index contributed by atoms with van der Waals surface area (Å²) in [7, 11) is 1.92. The second kappa shape index (κ2) is 8.37. The fourth-order valence-corrected chi connectivity index (χ4v) is 5.34. The van der Waals surface area contributed by atoms with Crippen LogP contribution in [0.5, 0.6) is 0 Å². The molecule has 0 amide bonds. The molecule has 34 heavy (non-hydrogen) atoms. The zero-order chi connectivity index (χ0) is 23.2. The minimum Gasteiger partial charge on any atom is -0.338 e. The highest BCUT2D eigenvalue weighted by molar-refractivity contribution is 6.07. The van der Waals surface area contributed by atoms with Crippen LogP contribution in [0.15, 0.2) is 61.2 Å². The number of nitrogens with zero attached hydrogens (tertiary/aromatic N) is 5. The average Bonchev–Trinajstić information content (AvgIpc) is 3.44. The first-order valence-electron chi connectivity index (χ1n) is 12.2. The van der Waals surface area contributed by atoms with E-state index in [-0.39, 0.29) is 0 Å². The van der Waals surface area contributed by atoms with Crippen molar-refractivity contribution in [2.75, 3.05) is 0 Å². The van der Waals surface area contributed by atoms with Gasteiger partial charge < -0.3 is 4.98 Å². The fraction of sp³-hybridized carbons (Fsp3) is 0.321. The van der Waals surface area contributed by atoms with Crippen LogP contribution in [0.1, 0.15) is 38.7 Å². The van der Waals surface area contributed by atoms with Crippen molar-refractivity contribution < 1.29 is 0 Å². The van der Waals surface area contributed by atoms with Crippen molar-refractivity contribution in [3.8, 4) is 22.4 Å². The number of likely N-dealkylation sites (tertiary alicyclic amines) is 1. The van der Waals surface area contributed by atoms with E-state index in [1.165, 1.54) is 30.4 Å². The standard InChI is InChI=1S/C28H30N6/c1-18-5-4-6-19(2)34(18)16-20-7-9-21(10-8-20)22-11-25-24-12-26(23-14-31-33(3)17-23)29-15-27(24)32-28(25)30-13-22/h7-15,17-19H,4-6,16H2,1-3H3,(H,30,32)/t18-,19+. The number of H-pyrrole nitrogens is 1. The molecule has 0 aliphatic carbocycles. The molecule has 1 saturated heterocycles. The lowest BCUT2D eigenvalue weighted by Crippen LogP contribution is -2.42. The molecule has 4 aromatic heterocycles. The summed E-state index contributed by atoms with van der Waals surface area (Å²) in [6, 6.07) is 14.7. The van der Waals surface area contributed by atoms with Crippen LogP contribution in [0.25, 0.3) is 44.3 Å². The van der Waals surface area contributed by atoms with Gasteiger partial charge in [0.15, 0.2) is 0 Å². The first-order valence-corrected chi connectivity index (χ1v) is 12.2. The molecule has 6 nitrogen and oxygen atoms in total. The first-order chi connectivity index (χ1) is 16.5. The molecule has 0 bridgehead atoms. The highest BCUT2D eigenvalue weighted by atomic mass is 15.2. The van der Waals surface area contributed by atoms with Gasteiger partial charge in [-0.05, 0) is 49.9 Å². The van der Waals surface area contributed by atoms with Gasteiger partial charge in [0.2, 0.25) is 0 Å². The lowest BCUT2D eigenvalue weighted by atomic mass is 9.96. The van der Waals surface area contributed by atoms with E-state index in [1.807, 2.05) is 31.8 Å². The van der Waals surface area contributed by atoms with Gasteiger partial charge >= 0.3 is 0 Å². The van der Waals surface area contributed by atoms with E-state index < -0.39 is 0 Å². The number of piperidine rings is 1. The Bertz CT molecular complexity index is 1450. The van der Waals surface area contributed by atoms with Gasteiger partial charge in [0, 0.05) is 60.0 Å². The van der Waals surface area contributed by atoms with Crippen molar-refractivity contribution in [2.45, 2.75) is 51.7 Å². The zero-order valence-corrected chi connectivity index (χ0v) is 20.0. The Morgan fingerprint density at radius 1 is 0.882 bits per heavy atom. The van der Waals surface area contributed by atoms with Crippen LogP contribution in [0.2, 0.25) is 0 Å². The highest BCUT2D eigenvalue weighted by Gasteiger charge is 2.24. The number of nitrogens with one attached hydrogen (secondary N) is 1. The molecule has 0 unspecified atom stereocenters. The zero-order valence-electron chi connectivity index (χ0n) is 20.0. The highest BCUT2D eigenvalue weighted by Crippen LogP contribution is 2.31. The summed E-state index contributed by atoms with van der Waals surface area (Å²) >= 11 is 0. The molecule has 0 radical (unpaired) electrons. The molecule has 1 N–H and O–H groups in total. The lowest BCUT2D eigenvalue weighted by Gasteiger charge is -2.39. The van der Waals surface area contributed by atoms with Crippen molar-refractivity contribution >= 4 is 21.9 Å². The summed E-state index contributed by atoms with van der Waals surface area (Å²) in [5, 5.41) is 6.52. The molecule has 172 valence electrons. The summed E-state index contributed by atoms with van der Waals surface area (Å²) in [6.45, 7) is 5.75. The number of aromatic nitrogens is 5. The number of rotatable bonds is 4. The third-order valence-corrected chi connectivity index (χ3v) is 7.36. The van der Waals surface area contributed by atoms with E-state index in [9.17, 15) is 0 Å². The SMILES string of the molecule is C[C@@H]1CCC[C@H](C)N1Cc1ccc(-c2cnc3[nH]c4cnc(-c5cnn(C)c5)cc4c3c2)cc1. The third kappa shape index (κ3) is 3.78. The van der Waals surface area contributed by atoms with E-state index in [2.05, 4.69) is 70.2 Å². The molecule has 2 atom stereocenters. The van der Waals surface area contributed by atoms with Crippen molar-refractivity contribution in [3.05, 3.63) is 66.7 Å². The molecule has 1 aromatic carbocycles. The van der Waals surface area contributed by atoms with Crippen LogP contribution in [-0.4, -0.2) is 41.7 Å². The molecule has 6 rings (SSSR count). The third-order valence-electron chi connectivity index (χ3n) is 7.36. The van der Waals surface area contributed by atoms with Crippen LogP contribution in [0.4, 0.5) is 0 Å². The fourth-order valence-electron chi connectivity index (χ4n) is 5.34. The van der Waals surface area contributed by atoms with Crippen LogP contribution in [0, 0.1) is 0 Å². The molecule has 5 aromatic rings. The van der Waals surface area contributed by atoms with Gasteiger partial charge in [-0.1, -0.05) is 30.7 Å². The maximum absolute atomic E-state index is 4.73. The second-order valence-corrected chi connectivity index (χ2v) is 9.76. The maximum atomic E-state index is 4.73. The smallest absolute Gasteiger partial charge is 0.138 e. The van der Waals surface area contributed by atoms with Crippen molar-refractivity contribution in [3.63, 3.8) is 0 Å². The lowest BCUT2D eigenvalue weighted by molar-refractivity contribution is 0.0953. The summed E-state index contributed by atoms with van der Waals surface area (Å²) in [5.74, 6) is 0. The predicted molar refractivity (Wildman–Crippen MR) is 137 cm³/mol. The minimum absolute atomic E-state index is 0.656. The van der Waals surface area contributed by atoms with Crippen LogP contribution >= 0.6 is 0 Å². The van der Waals surface area contributed by atoms with Gasteiger partial charge in [0.05, 0.1) is 23.6 Å². The summed E-state index contributed by atoms with van der Waals surface area (Å²) in [6.07, 6.45) is 11.6. The Balaban J connectivity index is 1.32. The number of aryl methyl sites for hydroxylation is 1. The van der Waals surface area contributed by atoms with Gasteiger partial charge in [-0.15, -0.1) is 0 Å². The first kappa shape index (κ1) is 21.1. The van der Waals surface area contributed by atoms with E-state index in [0.717, 1.165) is 45.3 Å². The Morgan fingerprint density at radius 3 is 2.41 bits per heavy atom. The molecule has 1 aliphatic rings. The predicted octanol–water partition coefficient (Wildman–Crippen LogP) is 5.94. The van der Waals surface area contributed by atoms with Crippen molar-refractivity contribution in [2.24, 2.45) is 7.05 Å². The molecule has 5 heterocycles. The molecule has 1 fully saturated rings. The Hall–Kier alpha value is -3.51. The number of hydrogen-bond acceptors (Lipinski definition) is 4. The molecule has 0 spiro atoms. The van der Waals surface area contributed by atoms with Gasteiger partial charge in [-0.25, -0.2) is 4.98 Å². The van der Waals surface area contributed by atoms with Crippen molar-refractivity contribution in [1.29, 1.82) is 0 Å². The van der Waals surface area contributed by atoms with E-state index in [4.69, 9.17) is 4.98 Å². The number of benzene rings is 1. The molecule has 6 heteroatoms. The second-order valence-electron chi connectivity index (χ2n) is 9.76. The Labute approximate surface area is 199 Å². The van der Waals surface area contributed by atoms with Crippen LogP contribution in [0.3, 0.4) is 0 Å². The van der Waals surface area contributed by atoms with Crippen LogP contribution < -0.4 is 0 Å². The van der Waals surface area contributed by atoms with Gasteiger partial charge in [0.25, 0.3) is 0 Å².